The van der Waals surface area contributed by atoms with Gasteiger partial charge in [0.25, 0.3) is 0 Å². The van der Waals surface area contributed by atoms with Crippen LogP contribution in [0.5, 0.6) is 11.5 Å². The minimum Gasteiger partial charge on any atom is -0.486 e. The Bertz CT molecular complexity index is 850. The molecule has 8 heteroatoms. The van der Waals surface area contributed by atoms with E-state index in [0.29, 0.717) is 30.3 Å². The van der Waals surface area contributed by atoms with E-state index in [1.54, 1.807) is 30.3 Å². The summed E-state index contributed by atoms with van der Waals surface area (Å²) in [6.45, 7) is 0.720. The Morgan fingerprint density at radius 2 is 1.71 bits per heavy atom. The Labute approximate surface area is 138 Å². The van der Waals surface area contributed by atoms with Gasteiger partial charge < -0.3 is 14.6 Å². The second kappa shape index (κ2) is 6.50. The molecule has 0 aromatic heterocycles. The number of hydrogen-bond acceptors (Lipinski definition) is 5. The molecule has 3 rings (SSSR count). The van der Waals surface area contributed by atoms with Crippen LogP contribution in [0.1, 0.15) is 11.6 Å². The molecule has 0 radical (unpaired) electrons. The Morgan fingerprint density at radius 1 is 1.04 bits per heavy atom. The molecule has 2 N–H and O–H groups in total. The average molecular weight is 349 g/mol. The van der Waals surface area contributed by atoms with Gasteiger partial charge in [-0.25, -0.2) is 8.42 Å². The maximum atomic E-state index is 12.5. The van der Waals surface area contributed by atoms with Crippen LogP contribution in [-0.4, -0.2) is 32.7 Å². The molecule has 24 heavy (non-hydrogen) atoms. The Kier molecular flexibility index (Phi) is 4.41. The number of carbonyl (C=O) groups is 1. The lowest BCUT2D eigenvalue weighted by atomic mass is 10.1. The molecule has 0 unspecified atom stereocenters. The zero-order valence-corrected chi connectivity index (χ0v) is 13.3. The second-order valence-corrected chi connectivity index (χ2v) is 6.82. The summed E-state index contributed by atoms with van der Waals surface area (Å²) in [6, 6.07) is 10.9. The summed E-state index contributed by atoms with van der Waals surface area (Å²) in [5.74, 6) is -0.518. The van der Waals surface area contributed by atoms with E-state index >= 15 is 0 Å². The number of aliphatic carboxylic acids is 1. The van der Waals surface area contributed by atoms with Crippen molar-refractivity contribution in [2.45, 2.75) is 10.9 Å². The third-order valence-corrected chi connectivity index (χ3v) is 4.90. The van der Waals surface area contributed by atoms with Crippen molar-refractivity contribution in [3.8, 4) is 11.5 Å². The highest BCUT2D eigenvalue weighted by Crippen LogP contribution is 2.32. The number of fused-ring (bicyclic) bond motifs is 1. The number of carboxylic acid groups (broad SMARTS) is 1. The first-order valence-electron chi connectivity index (χ1n) is 7.17. The highest BCUT2D eigenvalue weighted by molar-refractivity contribution is 7.89. The largest absolute Gasteiger partial charge is 0.486 e. The van der Waals surface area contributed by atoms with Gasteiger partial charge in [0.1, 0.15) is 19.3 Å². The summed E-state index contributed by atoms with van der Waals surface area (Å²) >= 11 is 0. The molecular formula is C16H15NO6S. The van der Waals surface area contributed by atoms with E-state index < -0.39 is 22.0 Å². The molecule has 0 amide bonds. The zero-order valence-electron chi connectivity index (χ0n) is 12.5. The van der Waals surface area contributed by atoms with Crippen molar-refractivity contribution in [3.63, 3.8) is 0 Å². The smallest absolute Gasteiger partial charge is 0.326 e. The Balaban J connectivity index is 1.91. The number of benzene rings is 2. The molecule has 2 aromatic carbocycles. The van der Waals surface area contributed by atoms with E-state index in [1.165, 1.54) is 18.2 Å². The van der Waals surface area contributed by atoms with Gasteiger partial charge in [-0.15, -0.1) is 0 Å². The maximum absolute atomic E-state index is 12.5. The van der Waals surface area contributed by atoms with Gasteiger partial charge in [-0.3, -0.25) is 4.79 Å². The number of nitrogens with one attached hydrogen (secondary N) is 1. The van der Waals surface area contributed by atoms with Crippen LogP contribution >= 0.6 is 0 Å². The lowest BCUT2D eigenvalue weighted by Crippen LogP contribution is -2.33. The molecule has 0 bridgehead atoms. The van der Waals surface area contributed by atoms with Crippen LogP contribution in [0.4, 0.5) is 0 Å². The number of carboxylic acids is 1. The summed E-state index contributed by atoms with van der Waals surface area (Å²) < 4.78 is 38.0. The van der Waals surface area contributed by atoms with Gasteiger partial charge in [0.2, 0.25) is 10.0 Å². The first-order chi connectivity index (χ1) is 11.5. The first kappa shape index (κ1) is 16.3. The molecule has 0 saturated heterocycles. The van der Waals surface area contributed by atoms with Crippen LogP contribution < -0.4 is 14.2 Å². The van der Waals surface area contributed by atoms with Crippen LogP contribution in [0.2, 0.25) is 0 Å². The molecule has 1 atom stereocenters. The summed E-state index contributed by atoms with van der Waals surface area (Å²) in [7, 11) is -4.05. The van der Waals surface area contributed by atoms with Crippen molar-refractivity contribution in [3.05, 3.63) is 54.1 Å². The minimum atomic E-state index is -4.05. The van der Waals surface area contributed by atoms with Crippen molar-refractivity contribution in [1.29, 1.82) is 0 Å². The molecule has 7 nitrogen and oxygen atoms in total. The quantitative estimate of drug-likeness (QED) is 0.849. The molecule has 2 aromatic rings. The van der Waals surface area contributed by atoms with Crippen molar-refractivity contribution < 1.29 is 27.8 Å². The lowest BCUT2D eigenvalue weighted by molar-refractivity contribution is -0.139. The normalized spacial score (nSPS) is 14.8. The van der Waals surface area contributed by atoms with Crippen molar-refractivity contribution in [1.82, 2.24) is 4.72 Å². The highest BCUT2D eigenvalue weighted by Gasteiger charge is 2.28. The van der Waals surface area contributed by atoms with Crippen molar-refractivity contribution in [2.75, 3.05) is 13.2 Å². The predicted molar refractivity (Wildman–Crippen MR) is 84.6 cm³/mol. The number of rotatable bonds is 5. The number of sulfonamides is 1. The van der Waals surface area contributed by atoms with E-state index in [0.717, 1.165) is 0 Å². The molecule has 126 valence electrons. The summed E-state index contributed by atoms with van der Waals surface area (Å²) in [6.07, 6.45) is 0. The van der Waals surface area contributed by atoms with Crippen molar-refractivity contribution >= 4 is 16.0 Å². The van der Waals surface area contributed by atoms with E-state index in [9.17, 15) is 18.3 Å². The average Bonchev–Trinajstić information content (AvgIpc) is 2.60. The monoisotopic (exact) mass is 349 g/mol. The number of ether oxygens (including phenoxy) is 2. The summed E-state index contributed by atoms with van der Waals surface area (Å²) in [5, 5.41) is 9.36. The highest BCUT2D eigenvalue weighted by atomic mass is 32.2. The van der Waals surface area contributed by atoms with Crippen LogP contribution in [0.3, 0.4) is 0 Å². The molecule has 0 aliphatic carbocycles. The third-order valence-electron chi connectivity index (χ3n) is 3.48. The van der Waals surface area contributed by atoms with E-state index in [-0.39, 0.29) is 4.90 Å². The SMILES string of the molecule is O=C(O)[C@@H](NS(=O)(=O)c1ccc2c(c1)OCCO2)c1ccccc1. The molecule has 1 aliphatic heterocycles. The standard InChI is InChI=1S/C16H15NO6S/c18-16(19)15(11-4-2-1-3-5-11)17-24(20,21)12-6-7-13-14(10-12)23-9-8-22-13/h1-7,10,15,17H,8-9H2,(H,18,19)/t15-/m0/s1. The van der Waals surface area contributed by atoms with Gasteiger partial charge in [0, 0.05) is 6.07 Å². The number of hydrogen-bond donors (Lipinski definition) is 2. The van der Waals surface area contributed by atoms with Gasteiger partial charge >= 0.3 is 5.97 Å². The predicted octanol–water partition coefficient (Wildman–Crippen LogP) is 1.56. The van der Waals surface area contributed by atoms with Gasteiger partial charge in [-0.2, -0.15) is 4.72 Å². The fourth-order valence-corrected chi connectivity index (χ4v) is 3.51. The third kappa shape index (κ3) is 3.34. The van der Waals surface area contributed by atoms with Crippen molar-refractivity contribution in [2.24, 2.45) is 0 Å². The Hall–Kier alpha value is -2.58. The fraction of sp³-hybridized carbons (Fsp3) is 0.188. The minimum absolute atomic E-state index is 0.0890. The topological polar surface area (TPSA) is 102 Å². The molecule has 1 heterocycles. The fourth-order valence-electron chi connectivity index (χ4n) is 2.32. The van der Waals surface area contributed by atoms with E-state index in [1.807, 2.05) is 0 Å². The van der Waals surface area contributed by atoms with Crippen LogP contribution in [0, 0.1) is 0 Å². The molecule has 0 saturated carbocycles. The summed E-state index contributed by atoms with van der Waals surface area (Å²) in [5.41, 5.74) is 0.339. The maximum Gasteiger partial charge on any atom is 0.326 e. The molecule has 1 aliphatic rings. The molecular weight excluding hydrogens is 334 g/mol. The van der Waals surface area contributed by atoms with Crippen LogP contribution in [0.25, 0.3) is 0 Å². The Morgan fingerprint density at radius 3 is 2.38 bits per heavy atom. The second-order valence-electron chi connectivity index (χ2n) is 5.11. The first-order valence-corrected chi connectivity index (χ1v) is 8.65. The van der Waals surface area contributed by atoms with Gasteiger partial charge in [0.15, 0.2) is 11.5 Å². The van der Waals surface area contributed by atoms with Gasteiger partial charge in [-0.05, 0) is 17.7 Å². The van der Waals surface area contributed by atoms with Crippen LogP contribution in [-0.2, 0) is 14.8 Å². The van der Waals surface area contributed by atoms with Gasteiger partial charge in [0.05, 0.1) is 4.90 Å². The van der Waals surface area contributed by atoms with Crippen LogP contribution in [0.15, 0.2) is 53.4 Å². The van der Waals surface area contributed by atoms with E-state index in [4.69, 9.17) is 9.47 Å². The van der Waals surface area contributed by atoms with Gasteiger partial charge in [-0.1, -0.05) is 30.3 Å². The molecule has 0 spiro atoms. The van der Waals surface area contributed by atoms with E-state index in [2.05, 4.69) is 4.72 Å². The molecule has 0 fully saturated rings. The summed E-state index contributed by atoms with van der Waals surface area (Å²) in [4.78, 5) is 11.4. The zero-order chi connectivity index (χ0) is 17.2. The lowest BCUT2D eigenvalue weighted by Gasteiger charge is -2.20.